The van der Waals surface area contributed by atoms with E-state index >= 15 is 0 Å². The molecule has 0 atom stereocenters. The van der Waals surface area contributed by atoms with Gasteiger partial charge in [-0.1, -0.05) is 41.7 Å². The summed E-state index contributed by atoms with van der Waals surface area (Å²) in [5, 5.41) is 7.98. The summed E-state index contributed by atoms with van der Waals surface area (Å²) < 4.78 is 1.28. The second-order valence-corrected chi connectivity index (χ2v) is 5.80. The van der Waals surface area contributed by atoms with E-state index in [0.717, 1.165) is 17.1 Å². The Morgan fingerprint density at radius 1 is 1.17 bits per heavy atom. The van der Waals surface area contributed by atoms with E-state index < -0.39 is 0 Å². The maximum absolute atomic E-state index is 11.6. The number of aromatic nitrogens is 5. The lowest BCUT2D eigenvalue weighted by Gasteiger charge is -1.98. The highest BCUT2D eigenvalue weighted by Gasteiger charge is 2.07. The molecule has 0 spiro atoms. The van der Waals surface area contributed by atoms with Crippen molar-refractivity contribution in [2.45, 2.75) is 6.54 Å². The van der Waals surface area contributed by atoms with Gasteiger partial charge in [-0.15, -0.1) is 5.10 Å². The lowest BCUT2D eigenvalue weighted by molar-refractivity contribution is 0.889. The van der Waals surface area contributed by atoms with Crippen molar-refractivity contribution in [2.24, 2.45) is 0 Å². The fourth-order valence-corrected chi connectivity index (χ4v) is 2.96. The van der Waals surface area contributed by atoms with Crippen LogP contribution in [0.5, 0.6) is 0 Å². The molecule has 0 saturated carbocycles. The molecule has 114 valence electrons. The summed E-state index contributed by atoms with van der Waals surface area (Å²) in [6.07, 6.45) is 3.29. The molecule has 23 heavy (non-hydrogen) atoms. The molecule has 0 aliphatic heterocycles. The normalized spacial score (nSPS) is 11.0. The predicted octanol–water partition coefficient (Wildman–Crippen LogP) is 2.15. The number of benzene rings is 1. The number of nitrogens with one attached hydrogen (secondary N) is 2. The fourth-order valence-electron chi connectivity index (χ4n) is 2.19. The van der Waals surface area contributed by atoms with Gasteiger partial charge in [-0.25, -0.2) is 9.97 Å². The second-order valence-electron chi connectivity index (χ2n) is 4.85. The number of H-pyrrole nitrogens is 1. The summed E-state index contributed by atoms with van der Waals surface area (Å²) in [6, 6.07) is 11.4. The minimum Gasteiger partial charge on any atom is -0.353 e. The molecule has 8 heteroatoms. The Morgan fingerprint density at radius 2 is 2.04 bits per heavy atom. The molecule has 0 aliphatic rings. The van der Waals surface area contributed by atoms with Crippen molar-refractivity contribution >= 4 is 21.4 Å². The molecule has 2 N–H and O–H groups in total. The Hall–Kier alpha value is -3.00. The lowest BCUT2D eigenvalue weighted by atomic mass is 10.2. The van der Waals surface area contributed by atoms with Crippen molar-refractivity contribution in [2.75, 3.05) is 5.32 Å². The third-order valence-corrected chi connectivity index (χ3v) is 4.17. The molecule has 0 bridgehead atoms. The minimum atomic E-state index is -0.191. The standard InChI is InChI=1S/C15H12N6OS/c22-13-6-7-16-15-21(13)20-14(23-15)18-9-12-17-8-11(19-12)10-4-2-1-3-5-10/h1-8H,9H2,(H,17,19)(H,18,20). The topological polar surface area (TPSA) is 88.0 Å². The number of fused-ring (bicyclic) bond motifs is 1. The van der Waals surface area contributed by atoms with E-state index in [9.17, 15) is 4.79 Å². The van der Waals surface area contributed by atoms with E-state index in [1.54, 1.807) is 6.20 Å². The number of nitrogens with zero attached hydrogens (tertiary/aromatic N) is 4. The van der Waals surface area contributed by atoms with Crippen molar-refractivity contribution in [3.8, 4) is 11.3 Å². The van der Waals surface area contributed by atoms with E-state index in [1.807, 2.05) is 30.3 Å². The van der Waals surface area contributed by atoms with E-state index in [4.69, 9.17) is 0 Å². The molecule has 0 fully saturated rings. The predicted molar refractivity (Wildman–Crippen MR) is 88.5 cm³/mol. The molecule has 0 saturated heterocycles. The zero-order valence-electron chi connectivity index (χ0n) is 11.9. The van der Waals surface area contributed by atoms with Crippen LogP contribution in [0.25, 0.3) is 16.2 Å². The zero-order chi connectivity index (χ0) is 15.6. The average Bonchev–Trinajstić information content (AvgIpc) is 3.21. The quantitative estimate of drug-likeness (QED) is 0.600. The maximum Gasteiger partial charge on any atom is 0.275 e. The third-order valence-electron chi connectivity index (χ3n) is 3.29. The van der Waals surface area contributed by atoms with Crippen LogP contribution < -0.4 is 10.9 Å². The SMILES string of the molecule is O=c1ccnc2sc(NCc3ncc(-c4ccccc4)[nH]3)nn12. The number of hydrogen-bond acceptors (Lipinski definition) is 6. The van der Waals surface area contributed by atoms with Gasteiger partial charge >= 0.3 is 0 Å². The van der Waals surface area contributed by atoms with Gasteiger partial charge in [0.15, 0.2) is 0 Å². The fraction of sp³-hybridized carbons (Fsp3) is 0.0667. The Balaban J connectivity index is 1.51. The molecule has 0 unspecified atom stereocenters. The van der Waals surface area contributed by atoms with Crippen LogP contribution in [0.1, 0.15) is 5.82 Å². The zero-order valence-corrected chi connectivity index (χ0v) is 12.7. The first-order chi connectivity index (χ1) is 11.3. The van der Waals surface area contributed by atoms with Gasteiger partial charge in [0.05, 0.1) is 18.4 Å². The van der Waals surface area contributed by atoms with Crippen molar-refractivity contribution in [3.63, 3.8) is 0 Å². The van der Waals surface area contributed by atoms with Gasteiger partial charge in [0, 0.05) is 12.3 Å². The molecule has 4 aromatic rings. The Morgan fingerprint density at radius 3 is 2.87 bits per heavy atom. The molecule has 4 rings (SSSR count). The summed E-state index contributed by atoms with van der Waals surface area (Å²) in [5.41, 5.74) is 1.86. The Labute approximate surface area is 134 Å². The van der Waals surface area contributed by atoms with Crippen LogP contribution in [0.4, 0.5) is 5.13 Å². The molecule has 3 aromatic heterocycles. The summed E-state index contributed by atoms with van der Waals surface area (Å²) in [7, 11) is 0. The average molecular weight is 324 g/mol. The van der Waals surface area contributed by atoms with E-state index in [-0.39, 0.29) is 5.56 Å². The first-order valence-electron chi connectivity index (χ1n) is 6.98. The van der Waals surface area contributed by atoms with E-state index in [2.05, 4.69) is 25.4 Å². The highest BCUT2D eigenvalue weighted by atomic mass is 32.1. The van der Waals surface area contributed by atoms with Gasteiger partial charge in [-0.05, 0) is 5.56 Å². The monoisotopic (exact) mass is 324 g/mol. The molecule has 0 aliphatic carbocycles. The summed E-state index contributed by atoms with van der Waals surface area (Å²) in [6.45, 7) is 0.488. The van der Waals surface area contributed by atoms with Crippen molar-refractivity contribution in [1.29, 1.82) is 0 Å². The van der Waals surface area contributed by atoms with Crippen molar-refractivity contribution < 1.29 is 0 Å². The molecular weight excluding hydrogens is 312 g/mol. The van der Waals surface area contributed by atoms with Crippen molar-refractivity contribution in [3.05, 3.63) is 65.0 Å². The van der Waals surface area contributed by atoms with Gasteiger partial charge in [0.1, 0.15) is 5.82 Å². The highest BCUT2D eigenvalue weighted by molar-refractivity contribution is 7.20. The summed E-state index contributed by atoms with van der Waals surface area (Å²) in [5.74, 6) is 0.795. The molecule has 0 amide bonds. The van der Waals surface area contributed by atoms with Gasteiger partial charge in [0.25, 0.3) is 5.56 Å². The Kier molecular flexibility index (Phi) is 3.35. The summed E-state index contributed by atoms with van der Waals surface area (Å²) in [4.78, 5) is 23.9. The van der Waals surface area contributed by atoms with Gasteiger partial charge < -0.3 is 10.3 Å². The summed E-state index contributed by atoms with van der Waals surface area (Å²) >= 11 is 1.32. The molecular formula is C15H12N6OS. The van der Waals surface area contributed by atoms with Crippen molar-refractivity contribution in [1.82, 2.24) is 24.6 Å². The number of imidazole rings is 1. The van der Waals surface area contributed by atoms with Gasteiger partial charge in [-0.2, -0.15) is 4.52 Å². The van der Waals surface area contributed by atoms with E-state index in [1.165, 1.54) is 28.1 Å². The largest absolute Gasteiger partial charge is 0.353 e. The van der Waals surface area contributed by atoms with E-state index in [0.29, 0.717) is 16.6 Å². The lowest BCUT2D eigenvalue weighted by Crippen LogP contribution is -2.12. The number of rotatable bonds is 4. The minimum absolute atomic E-state index is 0.191. The number of anilines is 1. The van der Waals surface area contributed by atoms with Crippen LogP contribution in [0, 0.1) is 0 Å². The van der Waals surface area contributed by atoms with Crippen LogP contribution in [-0.4, -0.2) is 24.6 Å². The number of hydrogen-bond donors (Lipinski definition) is 2. The third kappa shape index (κ3) is 2.71. The first-order valence-corrected chi connectivity index (χ1v) is 7.79. The molecule has 3 heterocycles. The highest BCUT2D eigenvalue weighted by Crippen LogP contribution is 2.18. The van der Waals surface area contributed by atoms with Gasteiger partial charge in [-0.3, -0.25) is 4.79 Å². The molecule has 1 aromatic carbocycles. The van der Waals surface area contributed by atoms with Crippen LogP contribution >= 0.6 is 11.3 Å². The second kappa shape index (κ2) is 5.65. The smallest absolute Gasteiger partial charge is 0.275 e. The van der Waals surface area contributed by atoms with Crippen LogP contribution in [0.2, 0.25) is 0 Å². The Bertz CT molecular complexity index is 1000. The van der Waals surface area contributed by atoms with Crippen LogP contribution in [0.15, 0.2) is 53.6 Å². The molecule has 0 radical (unpaired) electrons. The van der Waals surface area contributed by atoms with Crippen LogP contribution in [0.3, 0.4) is 0 Å². The maximum atomic E-state index is 11.6. The van der Waals surface area contributed by atoms with Crippen LogP contribution in [-0.2, 0) is 6.54 Å². The van der Waals surface area contributed by atoms with Gasteiger partial charge in [0.2, 0.25) is 10.1 Å². The molecule has 7 nitrogen and oxygen atoms in total. The number of aromatic amines is 1. The first kappa shape index (κ1) is 13.6.